The number of halogens is 1. The number of amides is 1. The van der Waals surface area contributed by atoms with Gasteiger partial charge in [-0.15, -0.1) is 0 Å². The minimum atomic E-state index is 0.186. The summed E-state index contributed by atoms with van der Waals surface area (Å²) in [6.07, 6.45) is 4.57. The van der Waals surface area contributed by atoms with Crippen LogP contribution in [-0.4, -0.2) is 28.7 Å². The van der Waals surface area contributed by atoms with Crippen LogP contribution in [0.2, 0.25) is 0 Å². The van der Waals surface area contributed by atoms with Crippen LogP contribution < -0.4 is 0 Å². The van der Waals surface area contributed by atoms with Crippen molar-refractivity contribution in [3.05, 3.63) is 48.0 Å². The molecule has 1 fully saturated rings. The van der Waals surface area contributed by atoms with Crippen LogP contribution in [0, 0.1) is 0 Å². The summed E-state index contributed by atoms with van der Waals surface area (Å²) < 4.78 is 0. The third-order valence-electron chi connectivity index (χ3n) is 4.31. The highest BCUT2D eigenvalue weighted by atomic mass is 79.9. The zero-order chi connectivity index (χ0) is 14.7. The third-order valence-corrected chi connectivity index (χ3v) is 4.87. The van der Waals surface area contributed by atoms with E-state index < -0.39 is 0 Å². The van der Waals surface area contributed by atoms with Crippen molar-refractivity contribution in [1.29, 1.82) is 0 Å². The van der Waals surface area contributed by atoms with E-state index in [0.717, 1.165) is 42.1 Å². The van der Waals surface area contributed by atoms with Crippen molar-refractivity contribution in [2.75, 3.05) is 11.9 Å². The lowest BCUT2D eigenvalue weighted by molar-refractivity contribution is 0.0581. The summed E-state index contributed by atoms with van der Waals surface area (Å²) in [5.74, 6) is 0.186. The highest BCUT2D eigenvalue weighted by molar-refractivity contribution is 9.09. The van der Waals surface area contributed by atoms with E-state index >= 15 is 0 Å². The van der Waals surface area contributed by atoms with Crippen LogP contribution in [0.5, 0.6) is 0 Å². The van der Waals surface area contributed by atoms with Crippen LogP contribution in [0.1, 0.15) is 36.0 Å². The zero-order valence-electron chi connectivity index (χ0n) is 12.1. The standard InChI is InChI=1S/C18H20BrNO/c19-11-4-12-20(17-7-3-8-17)18(21)16-10-9-14-5-1-2-6-15(14)13-16/h1-2,5-6,9-10,13,17H,3-4,7-8,11-12H2. The molecule has 0 saturated heterocycles. The summed E-state index contributed by atoms with van der Waals surface area (Å²) in [6, 6.07) is 14.7. The number of benzene rings is 2. The zero-order valence-corrected chi connectivity index (χ0v) is 13.7. The second-order valence-corrected chi connectivity index (χ2v) is 6.48. The smallest absolute Gasteiger partial charge is 0.254 e. The molecular formula is C18H20BrNO. The molecule has 1 amide bonds. The van der Waals surface area contributed by atoms with Crippen molar-refractivity contribution in [3.8, 4) is 0 Å². The largest absolute Gasteiger partial charge is 0.336 e. The van der Waals surface area contributed by atoms with Gasteiger partial charge in [0.05, 0.1) is 0 Å². The number of fused-ring (bicyclic) bond motifs is 1. The molecule has 2 aromatic carbocycles. The maximum Gasteiger partial charge on any atom is 0.254 e. The topological polar surface area (TPSA) is 20.3 Å². The predicted molar refractivity (Wildman–Crippen MR) is 91.0 cm³/mol. The Morgan fingerprint density at radius 2 is 1.90 bits per heavy atom. The Morgan fingerprint density at radius 3 is 2.57 bits per heavy atom. The quantitative estimate of drug-likeness (QED) is 0.724. The van der Waals surface area contributed by atoms with Gasteiger partial charge in [0.2, 0.25) is 0 Å². The first kappa shape index (κ1) is 14.6. The molecule has 0 bridgehead atoms. The van der Waals surface area contributed by atoms with Crippen molar-refractivity contribution in [1.82, 2.24) is 4.90 Å². The molecule has 1 aliphatic rings. The number of nitrogens with zero attached hydrogens (tertiary/aromatic N) is 1. The van der Waals surface area contributed by atoms with Gasteiger partial charge in [0, 0.05) is 23.5 Å². The number of rotatable bonds is 5. The van der Waals surface area contributed by atoms with E-state index in [9.17, 15) is 4.79 Å². The summed E-state index contributed by atoms with van der Waals surface area (Å²) in [4.78, 5) is 14.9. The molecule has 1 aliphatic carbocycles. The maximum absolute atomic E-state index is 12.8. The van der Waals surface area contributed by atoms with Gasteiger partial charge >= 0.3 is 0 Å². The molecule has 0 unspecified atom stereocenters. The first-order valence-electron chi connectivity index (χ1n) is 7.65. The van der Waals surface area contributed by atoms with Gasteiger partial charge < -0.3 is 4.90 Å². The molecule has 0 heterocycles. The predicted octanol–water partition coefficient (Wildman–Crippen LogP) is 4.62. The molecule has 110 valence electrons. The minimum absolute atomic E-state index is 0.186. The molecular weight excluding hydrogens is 326 g/mol. The molecule has 0 radical (unpaired) electrons. The fraction of sp³-hybridized carbons (Fsp3) is 0.389. The lowest BCUT2D eigenvalue weighted by atomic mass is 9.90. The summed E-state index contributed by atoms with van der Waals surface area (Å²) in [5.41, 5.74) is 0.815. The molecule has 0 aromatic heterocycles. The van der Waals surface area contributed by atoms with Crippen LogP contribution in [0.25, 0.3) is 10.8 Å². The van der Waals surface area contributed by atoms with Crippen molar-refractivity contribution >= 4 is 32.6 Å². The normalized spacial score (nSPS) is 14.9. The van der Waals surface area contributed by atoms with Gasteiger partial charge in [-0.05, 0) is 48.6 Å². The van der Waals surface area contributed by atoms with Gasteiger partial charge in [0.25, 0.3) is 5.91 Å². The second kappa shape index (κ2) is 6.61. The van der Waals surface area contributed by atoms with E-state index in [1.165, 1.54) is 11.8 Å². The van der Waals surface area contributed by atoms with Crippen molar-refractivity contribution in [2.45, 2.75) is 31.7 Å². The van der Waals surface area contributed by atoms with Crippen LogP contribution >= 0.6 is 15.9 Å². The maximum atomic E-state index is 12.8. The number of hydrogen-bond donors (Lipinski definition) is 0. The average Bonchev–Trinajstić information content (AvgIpc) is 2.48. The van der Waals surface area contributed by atoms with Gasteiger partial charge in [0.15, 0.2) is 0 Å². The van der Waals surface area contributed by atoms with Gasteiger partial charge in [-0.3, -0.25) is 4.79 Å². The monoisotopic (exact) mass is 345 g/mol. The number of alkyl halides is 1. The molecule has 3 rings (SSSR count). The Labute approximate surface area is 134 Å². The van der Waals surface area contributed by atoms with Crippen LogP contribution in [-0.2, 0) is 0 Å². The fourth-order valence-corrected chi connectivity index (χ4v) is 3.12. The number of carbonyl (C=O) groups excluding carboxylic acids is 1. The Kier molecular flexibility index (Phi) is 4.59. The molecule has 2 aromatic rings. The molecule has 0 spiro atoms. The fourth-order valence-electron chi connectivity index (χ4n) is 2.87. The van der Waals surface area contributed by atoms with E-state index in [4.69, 9.17) is 0 Å². The first-order valence-corrected chi connectivity index (χ1v) is 8.77. The Balaban J connectivity index is 1.85. The van der Waals surface area contributed by atoms with Gasteiger partial charge in [-0.25, -0.2) is 0 Å². The second-order valence-electron chi connectivity index (χ2n) is 5.69. The molecule has 2 nitrogen and oxygen atoms in total. The molecule has 1 saturated carbocycles. The lowest BCUT2D eigenvalue weighted by Crippen LogP contribution is -2.44. The van der Waals surface area contributed by atoms with Crippen LogP contribution in [0.4, 0.5) is 0 Å². The SMILES string of the molecule is O=C(c1ccc2ccccc2c1)N(CCCBr)C1CCC1. The molecule has 3 heteroatoms. The average molecular weight is 346 g/mol. The van der Waals surface area contributed by atoms with Crippen LogP contribution in [0.15, 0.2) is 42.5 Å². The molecule has 21 heavy (non-hydrogen) atoms. The van der Waals surface area contributed by atoms with Crippen molar-refractivity contribution in [2.24, 2.45) is 0 Å². The number of carbonyl (C=O) groups is 1. The van der Waals surface area contributed by atoms with E-state index in [1.54, 1.807) is 0 Å². The van der Waals surface area contributed by atoms with E-state index in [2.05, 4.69) is 33.0 Å². The third kappa shape index (κ3) is 3.13. The first-order chi connectivity index (χ1) is 10.3. The molecule has 0 aliphatic heterocycles. The van der Waals surface area contributed by atoms with Gasteiger partial charge in [-0.2, -0.15) is 0 Å². The minimum Gasteiger partial charge on any atom is -0.336 e. The highest BCUT2D eigenvalue weighted by Crippen LogP contribution is 2.27. The summed E-state index contributed by atoms with van der Waals surface area (Å²) >= 11 is 3.47. The van der Waals surface area contributed by atoms with Gasteiger partial charge in [-0.1, -0.05) is 46.3 Å². The summed E-state index contributed by atoms with van der Waals surface area (Å²) in [5, 5.41) is 3.27. The molecule has 0 atom stereocenters. The molecule has 0 N–H and O–H groups in total. The van der Waals surface area contributed by atoms with Crippen molar-refractivity contribution < 1.29 is 4.79 Å². The van der Waals surface area contributed by atoms with Crippen LogP contribution in [0.3, 0.4) is 0 Å². The van der Waals surface area contributed by atoms with Crippen molar-refractivity contribution in [3.63, 3.8) is 0 Å². The Bertz CT molecular complexity index is 636. The summed E-state index contributed by atoms with van der Waals surface area (Å²) in [7, 11) is 0. The Morgan fingerprint density at radius 1 is 1.14 bits per heavy atom. The lowest BCUT2D eigenvalue weighted by Gasteiger charge is -2.37. The summed E-state index contributed by atoms with van der Waals surface area (Å²) in [6.45, 7) is 0.849. The van der Waals surface area contributed by atoms with Gasteiger partial charge in [0.1, 0.15) is 0 Å². The Hall–Kier alpha value is -1.35. The van der Waals surface area contributed by atoms with E-state index in [1.807, 2.05) is 30.3 Å². The number of hydrogen-bond acceptors (Lipinski definition) is 1. The van der Waals surface area contributed by atoms with E-state index in [0.29, 0.717) is 6.04 Å². The highest BCUT2D eigenvalue weighted by Gasteiger charge is 2.28. The van der Waals surface area contributed by atoms with E-state index in [-0.39, 0.29) is 5.91 Å².